The number of amides is 1. The number of nitrogens with one attached hydrogen (secondary N) is 1. The van der Waals surface area contributed by atoms with E-state index in [9.17, 15) is 13.2 Å². The van der Waals surface area contributed by atoms with Gasteiger partial charge in [0.05, 0.1) is 35.9 Å². The van der Waals surface area contributed by atoms with Crippen molar-refractivity contribution in [2.45, 2.75) is 26.3 Å². The zero-order valence-corrected chi connectivity index (χ0v) is 15.3. The van der Waals surface area contributed by atoms with E-state index in [1.807, 2.05) is 0 Å². The second-order valence-corrected chi connectivity index (χ2v) is 8.46. The Morgan fingerprint density at radius 2 is 1.96 bits per heavy atom. The molecule has 0 spiro atoms. The summed E-state index contributed by atoms with van der Waals surface area (Å²) in [5.41, 5.74) is 2.42. The van der Waals surface area contributed by atoms with E-state index in [0.29, 0.717) is 34.8 Å². The number of sulfone groups is 1. The highest BCUT2D eigenvalue weighted by atomic mass is 32.2. The molecule has 1 fully saturated rings. The molecule has 25 heavy (non-hydrogen) atoms. The Bertz CT molecular complexity index is 901. The Hall–Kier alpha value is -2.35. The number of ether oxygens (including phenoxy) is 1. The van der Waals surface area contributed by atoms with Crippen molar-refractivity contribution in [1.29, 1.82) is 0 Å². The van der Waals surface area contributed by atoms with Gasteiger partial charge in [-0.25, -0.2) is 8.42 Å². The van der Waals surface area contributed by atoms with Crippen LogP contribution in [0.1, 0.15) is 34.2 Å². The highest BCUT2D eigenvalue weighted by Crippen LogP contribution is 2.27. The van der Waals surface area contributed by atoms with E-state index in [4.69, 9.17) is 4.74 Å². The van der Waals surface area contributed by atoms with Crippen LogP contribution in [-0.4, -0.2) is 42.7 Å². The number of methoxy groups -OCH3 is 1. The average molecular weight is 363 g/mol. The van der Waals surface area contributed by atoms with Crippen LogP contribution in [0.5, 0.6) is 5.75 Å². The second-order valence-electron chi connectivity index (χ2n) is 6.23. The second kappa shape index (κ2) is 6.51. The fraction of sp³-hybridized carbons (Fsp3) is 0.412. The van der Waals surface area contributed by atoms with Gasteiger partial charge in [0.2, 0.25) is 0 Å². The molecular formula is C17H21N3O4S. The first-order valence-electron chi connectivity index (χ1n) is 8.02. The summed E-state index contributed by atoms with van der Waals surface area (Å²) in [7, 11) is -1.43. The van der Waals surface area contributed by atoms with Crippen LogP contribution in [0.15, 0.2) is 24.3 Å². The number of carbonyl (C=O) groups is 1. The van der Waals surface area contributed by atoms with Crippen molar-refractivity contribution in [1.82, 2.24) is 9.78 Å². The predicted molar refractivity (Wildman–Crippen MR) is 95.0 cm³/mol. The zero-order valence-electron chi connectivity index (χ0n) is 14.4. The summed E-state index contributed by atoms with van der Waals surface area (Å²) < 4.78 is 30.2. The van der Waals surface area contributed by atoms with E-state index < -0.39 is 9.84 Å². The van der Waals surface area contributed by atoms with Crippen molar-refractivity contribution in [3.05, 3.63) is 41.2 Å². The molecule has 1 aliphatic heterocycles. The molecule has 3 rings (SSSR count). The largest absolute Gasteiger partial charge is 0.497 e. The summed E-state index contributed by atoms with van der Waals surface area (Å²) in [6.07, 6.45) is 0.532. The Morgan fingerprint density at radius 1 is 1.28 bits per heavy atom. The lowest BCUT2D eigenvalue weighted by Crippen LogP contribution is -2.16. The zero-order chi connectivity index (χ0) is 18.2. The van der Waals surface area contributed by atoms with E-state index in [1.54, 1.807) is 49.9 Å². The maximum Gasteiger partial charge on any atom is 0.259 e. The van der Waals surface area contributed by atoms with Crippen molar-refractivity contribution in [2.75, 3.05) is 23.9 Å². The third-order valence-electron chi connectivity index (χ3n) is 4.45. The molecule has 1 N–H and O–H groups in total. The number of nitrogens with zero attached hydrogens (tertiary/aromatic N) is 2. The van der Waals surface area contributed by atoms with Gasteiger partial charge in [-0.3, -0.25) is 9.48 Å². The number of rotatable bonds is 4. The van der Waals surface area contributed by atoms with Gasteiger partial charge in [0.15, 0.2) is 9.84 Å². The molecule has 1 amide bonds. The summed E-state index contributed by atoms with van der Waals surface area (Å²) in [6.45, 7) is 3.56. The molecule has 7 nitrogen and oxygen atoms in total. The molecule has 0 aliphatic carbocycles. The lowest BCUT2D eigenvalue weighted by Gasteiger charge is -2.11. The Kier molecular flexibility index (Phi) is 4.55. The monoisotopic (exact) mass is 363 g/mol. The van der Waals surface area contributed by atoms with Crippen LogP contribution in [0.3, 0.4) is 0 Å². The van der Waals surface area contributed by atoms with Gasteiger partial charge >= 0.3 is 0 Å². The Labute approximate surface area is 146 Å². The van der Waals surface area contributed by atoms with Crippen LogP contribution in [0.25, 0.3) is 0 Å². The standard InChI is InChI=1S/C17H21N3O4S/c1-11-16(17(21)18-13-4-6-15(24-3)7-5-13)12(2)20(19-11)14-8-9-25(22,23)10-14/h4-7,14H,8-10H2,1-3H3,(H,18,21)/t14-/m1/s1. The first kappa shape index (κ1) is 17.5. The number of hydrogen-bond donors (Lipinski definition) is 1. The molecule has 1 aromatic carbocycles. The lowest BCUT2D eigenvalue weighted by molar-refractivity contribution is 0.102. The molecule has 1 aliphatic rings. The number of aryl methyl sites for hydroxylation is 1. The van der Waals surface area contributed by atoms with Gasteiger partial charge in [0.1, 0.15) is 5.75 Å². The van der Waals surface area contributed by atoms with E-state index in [2.05, 4.69) is 10.4 Å². The molecule has 0 radical (unpaired) electrons. The number of aromatic nitrogens is 2. The molecule has 0 unspecified atom stereocenters. The number of benzene rings is 1. The van der Waals surface area contributed by atoms with Gasteiger partial charge in [0, 0.05) is 11.4 Å². The van der Waals surface area contributed by atoms with Crippen molar-refractivity contribution in [2.24, 2.45) is 0 Å². The van der Waals surface area contributed by atoms with Gasteiger partial charge in [-0.05, 0) is 44.5 Å². The predicted octanol–water partition coefficient (Wildman–Crippen LogP) is 2.12. The minimum absolute atomic E-state index is 0.0779. The third kappa shape index (κ3) is 3.53. The first-order valence-corrected chi connectivity index (χ1v) is 9.84. The van der Waals surface area contributed by atoms with E-state index in [1.165, 1.54) is 0 Å². The summed E-state index contributed by atoms with van der Waals surface area (Å²) >= 11 is 0. The van der Waals surface area contributed by atoms with Gasteiger partial charge in [-0.1, -0.05) is 0 Å². The highest BCUT2D eigenvalue weighted by Gasteiger charge is 2.32. The quantitative estimate of drug-likeness (QED) is 0.899. The molecule has 0 saturated carbocycles. The van der Waals surface area contributed by atoms with Crippen LogP contribution in [0.2, 0.25) is 0 Å². The van der Waals surface area contributed by atoms with Crippen LogP contribution in [-0.2, 0) is 9.84 Å². The van der Waals surface area contributed by atoms with Gasteiger partial charge < -0.3 is 10.1 Å². The molecule has 2 heterocycles. The van der Waals surface area contributed by atoms with Crippen LogP contribution < -0.4 is 10.1 Å². The van der Waals surface area contributed by atoms with E-state index in [0.717, 1.165) is 0 Å². The molecule has 1 aromatic heterocycles. The van der Waals surface area contributed by atoms with E-state index >= 15 is 0 Å². The van der Waals surface area contributed by atoms with Gasteiger partial charge in [-0.2, -0.15) is 5.10 Å². The molecule has 2 aromatic rings. The van der Waals surface area contributed by atoms with Crippen LogP contribution >= 0.6 is 0 Å². The van der Waals surface area contributed by atoms with Gasteiger partial charge in [-0.15, -0.1) is 0 Å². The molecule has 0 bridgehead atoms. The Balaban J connectivity index is 1.83. The fourth-order valence-electron chi connectivity index (χ4n) is 3.18. The van der Waals surface area contributed by atoms with Crippen molar-refractivity contribution in [3.8, 4) is 5.75 Å². The molecule has 1 atom stereocenters. The fourth-order valence-corrected chi connectivity index (χ4v) is 4.88. The van der Waals surface area contributed by atoms with Gasteiger partial charge in [0.25, 0.3) is 5.91 Å². The smallest absolute Gasteiger partial charge is 0.259 e. The third-order valence-corrected chi connectivity index (χ3v) is 6.20. The van der Waals surface area contributed by atoms with Crippen LogP contribution in [0, 0.1) is 13.8 Å². The molecular weight excluding hydrogens is 342 g/mol. The highest BCUT2D eigenvalue weighted by molar-refractivity contribution is 7.91. The van der Waals surface area contributed by atoms with Crippen molar-refractivity contribution < 1.29 is 17.9 Å². The molecule has 8 heteroatoms. The summed E-state index contributed by atoms with van der Waals surface area (Å²) in [5.74, 6) is 0.700. The average Bonchev–Trinajstić information content (AvgIpc) is 3.07. The van der Waals surface area contributed by atoms with Crippen LogP contribution in [0.4, 0.5) is 5.69 Å². The maximum absolute atomic E-state index is 12.7. The molecule has 1 saturated heterocycles. The topological polar surface area (TPSA) is 90.3 Å². The number of carbonyl (C=O) groups excluding carboxylic acids is 1. The minimum Gasteiger partial charge on any atom is -0.497 e. The van der Waals surface area contributed by atoms with Crippen molar-refractivity contribution >= 4 is 21.4 Å². The lowest BCUT2D eigenvalue weighted by atomic mass is 10.1. The SMILES string of the molecule is COc1ccc(NC(=O)c2c(C)nn([C@@H]3CCS(=O)(=O)C3)c2C)cc1. The summed E-state index contributed by atoms with van der Waals surface area (Å²) in [4.78, 5) is 12.7. The minimum atomic E-state index is -3.01. The van der Waals surface area contributed by atoms with E-state index in [-0.39, 0.29) is 23.5 Å². The first-order chi connectivity index (χ1) is 11.8. The Morgan fingerprint density at radius 3 is 2.52 bits per heavy atom. The maximum atomic E-state index is 12.7. The number of hydrogen-bond acceptors (Lipinski definition) is 5. The summed E-state index contributed by atoms with van der Waals surface area (Å²) in [6, 6.07) is 6.85. The molecule has 134 valence electrons. The summed E-state index contributed by atoms with van der Waals surface area (Å²) in [5, 5.41) is 7.26. The normalized spacial score (nSPS) is 18.9. The number of anilines is 1. The van der Waals surface area contributed by atoms with Crippen molar-refractivity contribution in [3.63, 3.8) is 0 Å².